The molecule has 0 aromatic heterocycles. The average molecular weight is 279 g/mol. The summed E-state index contributed by atoms with van der Waals surface area (Å²) < 4.78 is 7.20. The van der Waals surface area contributed by atoms with Crippen molar-refractivity contribution >= 4 is 11.9 Å². The second-order valence-electron chi connectivity index (χ2n) is 5.27. The first kappa shape index (κ1) is 14.5. The van der Waals surface area contributed by atoms with E-state index in [2.05, 4.69) is 11.0 Å². The van der Waals surface area contributed by atoms with E-state index in [-0.39, 0.29) is 12.3 Å². The molecule has 0 saturated carbocycles. The lowest BCUT2D eigenvalue weighted by Crippen LogP contribution is -2.49. The van der Waals surface area contributed by atoms with Crippen molar-refractivity contribution in [3.8, 4) is 0 Å². The number of carbonyl (C=O) groups is 2. The lowest BCUT2D eigenvalue weighted by molar-refractivity contribution is -0.142. The molecule has 0 unspecified atom stereocenters. The van der Waals surface area contributed by atoms with Gasteiger partial charge in [0.25, 0.3) is 0 Å². The summed E-state index contributed by atoms with van der Waals surface area (Å²) in [6, 6.07) is 7.42. The number of amides is 1. The molecule has 0 aliphatic heterocycles. The van der Waals surface area contributed by atoms with Crippen molar-refractivity contribution in [1.82, 2.24) is 5.32 Å². The van der Waals surface area contributed by atoms with Crippen LogP contribution in [0.25, 0.3) is 0 Å². The maximum Gasteiger partial charge on any atom is 0.326 e. The molecule has 4 N–H and O–H groups in total. The van der Waals surface area contributed by atoms with Crippen LogP contribution in [0.4, 0.5) is 0 Å². The summed E-state index contributed by atoms with van der Waals surface area (Å²) in [6.45, 7) is 3.88. The highest BCUT2D eigenvalue weighted by Crippen LogP contribution is 2.06. The van der Waals surface area contributed by atoms with Gasteiger partial charge in [0.15, 0.2) is 0 Å². The van der Waals surface area contributed by atoms with Crippen LogP contribution >= 0.6 is 0 Å². The quantitative estimate of drug-likeness (QED) is 0.666. The van der Waals surface area contributed by atoms with Crippen LogP contribution in [0.15, 0.2) is 30.3 Å². The predicted octanol–water partition coefficient (Wildman–Crippen LogP) is 1.17. The first-order valence-corrected chi connectivity index (χ1v) is 6.68. The normalized spacial score (nSPS) is 14.4. The Bertz CT molecular complexity index is 465. The number of carbonyl (C=O) groups excluding carboxylic acids is 1. The maximum absolute atomic E-state index is 12.1. The van der Waals surface area contributed by atoms with Crippen LogP contribution in [0.2, 0.25) is 1.41 Å². The smallest absolute Gasteiger partial charge is 0.326 e. The summed E-state index contributed by atoms with van der Waals surface area (Å²) in [5, 5.41) is 11.7. The number of nitrogens with two attached hydrogens (primary N) is 1. The lowest BCUT2D eigenvalue weighted by Gasteiger charge is -2.19. The Morgan fingerprint density at radius 2 is 2.00 bits per heavy atom. The Hall–Kier alpha value is -1.88. The Morgan fingerprint density at radius 3 is 2.50 bits per heavy atom. The van der Waals surface area contributed by atoms with Gasteiger partial charge in [-0.05, 0) is 17.9 Å². The van der Waals surface area contributed by atoms with E-state index < -0.39 is 24.0 Å². The van der Waals surface area contributed by atoms with Crippen LogP contribution < -0.4 is 11.0 Å². The number of hydrogen-bond donors (Lipinski definition) is 3. The molecule has 20 heavy (non-hydrogen) atoms. The molecular weight excluding hydrogens is 256 g/mol. The molecule has 0 saturated heterocycles. The number of carboxylic acids is 1. The van der Waals surface area contributed by atoms with E-state index in [4.69, 9.17) is 1.41 Å². The van der Waals surface area contributed by atoms with E-state index in [0.717, 1.165) is 5.56 Å². The Kier molecular flexibility index (Phi) is 5.55. The molecule has 5 nitrogen and oxygen atoms in total. The molecule has 1 amide bonds. The van der Waals surface area contributed by atoms with Crippen molar-refractivity contribution in [2.24, 2.45) is 11.6 Å². The SMILES string of the molecule is [2H]N[C@@H](CC(C)C)C(=O)N[C@@H](Cc1ccccc1)C(=O)O. The van der Waals surface area contributed by atoms with Crippen LogP contribution in [0.5, 0.6) is 0 Å². The van der Waals surface area contributed by atoms with Gasteiger partial charge in [0, 0.05) is 6.42 Å². The van der Waals surface area contributed by atoms with E-state index in [0.29, 0.717) is 6.42 Å². The molecular formula is C15H22N2O3. The molecule has 110 valence electrons. The molecule has 2 atom stereocenters. The number of rotatable bonds is 8. The molecule has 0 bridgehead atoms. The third-order valence-electron chi connectivity index (χ3n) is 2.92. The van der Waals surface area contributed by atoms with Gasteiger partial charge < -0.3 is 16.2 Å². The number of nitrogens with one attached hydrogen (secondary N) is 1. The highest BCUT2D eigenvalue weighted by Gasteiger charge is 2.23. The Labute approximate surface area is 120 Å². The first-order valence-electron chi connectivity index (χ1n) is 7.18. The van der Waals surface area contributed by atoms with Crippen LogP contribution in [-0.4, -0.2) is 29.1 Å². The molecule has 0 fully saturated rings. The van der Waals surface area contributed by atoms with E-state index in [1.807, 2.05) is 44.2 Å². The standard InChI is InChI=1S/C15H22N2O3/c1-10(2)8-12(16)14(18)17-13(15(19)20)9-11-6-4-3-5-7-11/h3-7,10,12-13H,8-9,16H2,1-2H3,(H,17,18)(H,19,20)/t12-,13-/m0/s1/i/hD. The third-order valence-corrected chi connectivity index (χ3v) is 2.92. The lowest BCUT2D eigenvalue weighted by atomic mass is 10.0. The third kappa shape index (κ3) is 5.40. The van der Waals surface area contributed by atoms with Crippen molar-refractivity contribution in [2.45, 2.75) is 38.8 Å². The van der Waals surface area contributed by atoms with Crippen molar-refractivity contribution in [3.63, 3.8) is 0 Å². The van der Waals surface area contributed by atoms with Gasteiger partial charge in [0.2, 0.25) is 5.91 Å². The van der Waals surface area contributed by atoms with E-state index in [1.54, 1.807) is 0 Å². The van der Waals surface area contributed by atoms with Gasteiger partial charge in [0.05, 0.1) is 6.04 Å². The fourth-order valence-electron chi connectivity index (χ4n) is 1.90. The summed E-state index contributed by atoms with van der Waals surface area (Å²) in [4.78, 5) is 23.3. The summed E-state index contributed by atoms with van der Waals surface area (Å²) in [5.41, 5.74) is 3.02. The van der Waals surface area contributed by atoms with Crippen molar-refractivity contribution in [2.75, 3.05) is 0 Å². The van der Waals surface area contributed by atoms with Crippen LogP contribution in [0, 0.1) is 5.92 Å². The van der Waals surface area contributed by atoms with E-state index in [9.17, 15) is 14.7 Å². The second kappa shape index (κ2) is 7.65. The average Bonchev–Trinajstić information content (AvgIpc) is 2.44. The Morgan fingerprint density at radius 1 is 1.35 bits per heavy atom. The van der Waals surface area contributed by atoms with E-state index in [1.165, 1.54) is 0 Å². The van der Waals surface area contributed by atoms with Crippen molar-refractivity contribution in [1.29, 1.82) is 0 Å². The van der Waals surface area contributed by atoms with Crippen molar-refractivity contribution in [3.05, 3.63) is 35.9 Å². The highest BCUT2D eigenvalue weighted by atomic mass is 16.4. The zero-order valence-corrected chi connectivity index (χ0v) is 11.8. The Balaban J connectivity index is 2.69. The largest absolute Gasteiger partial charge is 0.480 e. The minimum Gasteiger partial charge on any atom is -0.480 e. The fraction of sp³-hybridized carbons (Fsp3) is 0.467. The minimum absolute atomic E-state index is 0.217. The van der Waals surface area contributed by atoms with E-state index >= 15 is 0 Å². The molecule has 0 spiro atoms. The first-order chi connectivity index (χ1) is 9.93. The highest BCUT2D eigenvalue weighted by molar-refractivity contribution is 5.86. The van der Waals surface area contributed by atoms with Crippen molar-refractivity contribution < 1.29 is 16.1 Å². The molecule has 0 aliphatic carbocycles. The minimum atomic E-state index is -1.08. The molecule has 1 aromatic carbocycles. The monoisotopic (exact) mass is 279 g/mol. The maximum atomic E-state index is 12.1. The summed E-state index contributed by atoms with van der Waals surface area (Å²) >= 11 is 0. The molecule has 1 rings (SSSR count). The zero-order chi connectivity index (χ0) is 15.8. The topological polar surface area (TPSA) is 92.4 Å². The summed E-state index contributed by atoms with van der Waals surface area (Å²) in [5.74, 6) is -1.31. The number of benzene rings is 1. The molecule has 1 aromatic rings. The molecule has 0 aliphatic rings. The van der Waals surface area contributed by atoms with Gasteiger partial charge in [-0.15, -0.1) is 0 Å². The number of carboxylic acid groups (broad SMARTS) is 1. The summed E-state index contributed by atoms with van der Waals surface area (Å²) in [6.07, 6.45) is 0.696. The van der Waals surface area contributed by atoms with Crippen LogP contribution in [0.1, 0.15) is 25.8 Å². The van der Waals surface area contributed by atoms with Crippen LogP contribution in [-0.2, 0) is 16.0 Å². The van der Waals surface area contributed by atoms with Gasteiger partial charge in [-0.25, -0.2) is 4.79 Å². The van der Waals surface area contributed by atoms with Gasteiger partial charge in [-0.1, -0.05) is 44.2 Å². The molecule has 0 radical (unpaired) electrons. The van der Waals surface area contributed by atoms with Crippen LogP contribution in [0.3, 0.4) is 0 Å². The van der Waals surface area contributed by atoms with Gasteiger partial charge in [-0.3, -0.25) is 4.79 Å². The zero-order valence-electron chi connectivity index (χ0n) is 12.8. The van der Waals surface area contributed by atoms with Gasteiger partial charge >= 0.3 is 5.97 Å². The number of aliphatic carboxylic acids is 1. The second-order valence-corrected chi connectivity index (χ2v) is 5.27. The molecule has 5 heteroatoms. The summed E-state index contributed by atoms with van der Waals surface area (Å²) in [7, 11) is 0. The predicted molar refractivity (Wildman–Crippen MR) is 77.1 cm³/mol. The fourth-order valence-corrected chi connectivity index (χ4v) is 1.90. The van der Waals surface area contributed by atoms with Gasteiger partial charge in [0.1, 0.15) is 7.45 Å². The molecule has 0 heterocycles. The number of hydrogen-bond acceptors (Lipinski definition) is 3. The van der Waals surface area contributed by atoms with Gasteiger partial charge in [-0.2, -0.15) is 0 Å².